The molecule has 3 heteroatoms. The van der Waals surface area contributed by atoms with Crippen molar-refractivity contribution in [3.05, 3.63) is 158 Å². The zero-order valence-electron chi connectivity index (χ0n) is 23.8. The third-order valence-electron chi connectivity index (χ3n) is 8.64. The smallest absolute Gasteiger partial charge is 0.0709 e. The van der Waals surface area contributed by atoms with Gasteiger partial charge in [0, 0.05) is 48.4 Å². The average molecular weight is 579 g/mol. The molecule has 6 aromatic carbocycles. The molecule has 0 atom stereocenters. The Labute approximate surface area is 259 Å². The maximum atomic E-state index is 4.88. The normalized spacial score (nSPS) is 11.6. The maximum Gasteiger partial charge on any atom is 0.0709 e. The van der Waals surface area contributed by atoms with Crippen LogP contribution in [0.3, 0.4) is 0 Å². The molecule has 0 bridgehead atoms. The van der Waals surface area contributed by atoms with Crippen molar-refractivity contribution >= 4 is 53.3 Å². The van der Waals surface area contributed by atoms with Gasteiger partial charge in [-0.2, -0.15) is 0 Å². The third-order valence-corrected chi connectivity index (χ3v) is 9.84. The minimum Gasteiger partial charge on any atom is -0.309 e. The van der Waals surface area contributed by atoms with Crippen LogP contribution in [0.15, 0.2) is 158 Å². The molecule has 0 saturated heterocycles. The van der Waals surface area contributed by atoms with E-state index in [2.05, 4.69) is 150 Å². The Morgan fingerprint density at radius 2 is 1.18 bits per heavy atom. The minimum absolute atomic E-state index is 0.979. The van der Waals surface area contributed by atoms with Crippen molar-refractivity contribution in [2.75, 3.05) is 0 Å². The van der Waals surface area contributed by atoms with E-state index in [1.54, 1.807) is 0 Å². The highest BCUT2D eigenvalue weighted by Gasteiger charge is 2.22. The van der Waals surface area contributed by atoms with Crippen LogP contribution < -0.4 is 0 Å². The number of aromatic nitrogens is 2. The number of hydrogen-bond donors (Lipinski definition) is 0. The van der Waals surface area contributed by atoms with E-state index in [0.29, 0.717) is 0 Å². The third kappa shape index (κ3) is 3.90. The van der Waals surface area contributed by atoms with Gasteiger partial charge < -0.3 is 4.57 Å². The molecule has 0 aliphatic rings. The van der Waals surface area contributed by atoms with Crippen LogP contribution >= 0.6 is 11.3 Å². The van der Waals surface area contributed by atoms with Crippen molar-refractivity contribution in [1.82, 2.24) is 9.55 Å². The van der Waals surface area contributed by atoms with E-state index < -0.39 is 0 Å². The van der Waals surface area contributed by atoms with E-state index >= 15 is 0 Å². The fourth-order valence-corrected chi connectivity index (χ4v) is 7.87. The molecular formula is C41H26N2S. The first kappa shape index (κ1) is 25.0. The largest absolute Gasteiger partial charge is 0.309 e. The molecule has 0 aliphatic carbocycles. The van der Waals surface area contributed by atoms with E-state index in [1.807, 2.05) is 23.6 Å². The highest BCUT2D eigenvalue weighted by atomic mass is 32.1. The van der Waals surface area contributed by atoms with Crippen LogP contribution in [0.25, 0.3) is 81.2 Å². The fraction of sp³-hybridized carbons (Fsp3) is 0. The van der Waals surface area contributed by atoms with Crippen LogP contribution in [-0.4, -0.2) is 9.55 Å². The number of rotatable bonds is 4. The number of pyridine rings is 1. The molecule has 0 radical (unpaired) electrons. The van der Waals surface area contributed by atoms with Crippen molar-refractivity contribution < 1.29 is 0 Å². The van der Waals surface area contributed by atoms with E-state index in [0.717, 1.165) is 16.9 Å². The Morgan fingerprint density at radius 3 is 1.91 bits per heavy atom. The van der Waals surface area contributed by atoms with E-state index in [-0.39, 0.29) is 0 Å². The van der Waals surface area contributed by atoms with Crippen LogP contribution in [0.1, 0.15) is 0 Å². The topological polar surface area (TPSA) is 17.8 Å². The Bertz CT molecular complexity index is 2460. The molecule has 44 heavy (non-hydrogen) atoms. The summed E-state index contributed by atoms with van der Waals surface area (Å²) in [6, 6.07) is 54.5. The van der Waals surface area contributed by atoms with Gasteiger partial charge in [0.25, 0.3) is 0 Å². The zero-order chi connectivity index (χ0) is 29.0. The molecule has 0 saturated carbocycles. The number of para-hydroxylation sites is 1. The summed E-state index contributed by atoms with van der Waals surface area (Å²) in [5, 5.41) is 5.11. The highest BCUT2D eigenvalue weighted by Crippen LogP contribution is 2.47. The first-order valence-electron chi connectivity index (χ1n) is 14.9. The summed E-state index contributed by atoms with van der Waals surface area (Å²) in [6.07, 6.45) is 1.90. The van der Waals surface area contributed by atoms with Gasteiger partial charge in [0.15, 0.2) is 0 Å². The molecule has 0 amide bonds. The molecule has 0 aliphatic heterocycles. The van der Waals surface area contributed by atoms with Crippen LogP contribution in [0.2, 0.25) is 0 Å². The highest BCUT2D eigenvalue weighted by molar-refractivity contribution is 7.26. The van der Waals surface area contributed by atoms with Gasteiger partial charge in [0.05, 0.1) is 16.7 Å². The second-order valence-electron chi connectivity index (χ2n) is 11.2. The Hall–Kier alpha value is -5.51. The quantitative estimate of drug-likeness (QED) is 0.203. The Kier molecular flexibility index (Phi) is 5.71. The van der Waals surface area contributed by atoms with E-state index in [4.69, 9.17) is 4.98 Å². The summed E-state index contributed by atoms with van der Waals surface area (Å²) in [6.45, 7) is 0. The van der Waals surface area contributed by atoms with Crippen LogP contribution in [0, 0.1) is 0 Å². The van der Waals surface area contributed by atoms with Gasteiger partial charge in [0.2, 0.25) is 0 Å². The average Bonchev–Trinajstić information content (AvgIpc) is 3.64. The molecule has 9 rings (SSSR count). The van der Waals surface area contributed by atoms with Gasteiger partial charge in [-0.1, -0.05) is 97.1 Å². The van der Waals surface area contributed by atoms with Crippen molar-refractivity contribution in [2.24, 2.45) is 0 Å². The van der Waals surface area contributed by atoms with Gasteiger partial charge in [-0.15, -0.1) is 11.3 Å². The van der Waals surface area contributed by atoms with Gasteiger partial charge >= 0.3 is 0 Å². The van der Waals surface area contributed by atoms with E-state index in [1.165, 1.54) is 64.2 Å². The number of hydrogen-bond acceptors (Lipinski definition) is 2. The van der Waals surface area contributed by atoms with E-state index in [9.17, 15) is 0 Å². The molecule has 2 nitrogen and oxygen atoms in total. The molecular weight excluding hydrogens is 553 g/mol. The molecule has 3 aromatic heterocycles. The lowest BCUT2D eigenvalue weighted by Crippen LogP contribution is -1.94. The van der Waals surface area contributed by atoms with Crippen molar-refractivity contribution in [1.29, 1.82) is 0 Å². The lowest BCUT2D eigenvalue weighted by Gasteiger charge is -2.11. The minimum atomic E-state index is 0.979. The summed E-state index contributed by atoms with van der Waals surface area (Å²) in [7, 11) is 0. The molecule has 9 aromatic rings. The summed E-state index contributed by atoms with van der Waals surface area (Å²) in [4.78, 5) is 4.88. The second-order valence-corrected chi connectivity index (χ2v) is 12.2. The van der Waals surface area contributed by atoms with Gasteiger partial charge in [-0.3, -0.25) is 4.98 Å². The molecule has 0 N–H and O–H groups in total. The fourth-order valence-electron chi connectivity index (χ4n) is 6.64. The summed E-state index contributed by atoms with van der Waals surface area (Å²) in [5.41, 5.74) is 10.5. The summed E-state index contributed by atoms with van der Waals surface area (Å²) < 4.78 is 5.04. The molecule has 0 fully saturated rings. The van der Waals surface area contributed by atoms with Crippen molar-refractivity contribution in [2.45, 2.75) is 0 Å². The number of benzene rings is 6. The lowest BCUT2D eigenvalue weighted by molar-refractivity contribution is 1.18. The maximum absolute atomic E-state index is 4.88. The predicted octanol–water partition coefficient (Wildman–Crippen LogP) is 11.5. The molecule has 206 valence electrons. The van der Waals surface area contributed by atoms with Gasteiger partial charge in [-0.05, 0) is 76.9 Å². The van der Waals surface area contributed by atoms with Gasteiger partial charge in [0.1, 0.15) is 0 Å². The van der Waals surface area contributed by atoms with Crippen LogP contribution in [0.5, 0.6) is 0 Å². The summed E-state index contributed by atoms with van der Waals surface area (Å²) in [5.74, 6) is 0. The molecule has 0 unspecified atom stereocenters. The van der Waals surface area contributed by atoms with Crippen LogP contribution in [0.4, 0.5) is 0 Å². The monoisotopic (exact) mass is 578 g/mol. The molecule has 0 spiro atoms. The Balaban J connectivity index is 1.45. The second kappa shape index (κ2) is 10.0. The number of thiophene rings is 1. The van der Waals surface area contributed by atoms with Gasteiger partial charge in [-0.25, -0.2) is 0 Å². The SMILES string of the molecule is c1ccc(-c2ccc3sc4c(ccc5c4c4c(-c6ccccn6)cc(-c6ccccc6)cc4n5-c4ccccc4)c3c2)cc1. The lowest BCUT2D eigenvalue weighted by atomic mass is 9.96. The summed E-state index contributed by atoms with van der Waals surface area (Å²) >= 11 is 1.89. The van der Waals surface area contributed by atoms with Crippen molar-refractivity contribution in [3.8, 4) is 39.2 Å². The molecule has 3 heterocycles. The standard InChI is InChI=1S/C41H26N2S/c1-4-12-27(13-5-1)29-19-22-38-33(24-29)32-20-21-36-40(41(32)44-38)39-34(35-18-10-11-23-42-35)25-30(28-14-6-2-7-15-28)26-37(39)43(36)31-16-8-3-9-17-31/h1-26H. The first-order chi connectivity index (χ1) is 21.8. The Morgan fingerprint density at radius 1 is 0.477 bits per heavy atom. The first-order valence-corrected chi connectivity index (χ1v) is 15.7. The predicted molar refractivity (Wildman–Crippen MR) is 188 cm³/mol. The van der Waals surface area contributed by atoms with Crippen LogP contribution in [-0.2, 0) is 0 Å². The van der Waals surface area contributed by atoms with Crippen molar-refractivity contribution in [3.63, 3.8) is 0 Å². The number of fused-ring (bicyclic) bond motifs is 7. The number of nitrogens with zero attached hydrogens (tertiary/aromatic N) is 2. The zero-order valence-corrected chi connectivity index (χ0v) is 24.6.